The lowest BCUT2D eigenvalue weighted by molar-refractivity contribution is 0.778. The zero-order valence-corrected chi connectivity index (χ0v) is 25.6. The minimum atomic E-state index is 0.206. The molecule has 0 amide bonds. The molecule has 0 saturated heterocycles. The Bertz CT molecular complexity index is 1940. The molecule has 4 heteroatoms. The number of nitrogens with two attached hydrogens (primary N) is 2. The molecule has 0 radical (unpaired) electrons. The van der Waals surface area contributed by atoms with Gasteiger partial charge in [0.15, 0.2) is 0 Å². The van der Waals surface area contributed by atoms with E-state index in [1.807, 2.05) is 24.3 Å². The van der Waals surface area contributed by atoms with Crippen LogP contribution in [-0.4, -0.2) is 6.04 Å². The molecule has 0 spiro atoms. The third-order valence-corrected chi connectivity index (χ3v) is 8.46. The van der Waals surface area contributed by atoms with Crippen molar-refractivity contribution in [2.45, 2.75) is 12.5 Å². The molecule has 1 unspecified atom stereocenters. The summed E-state index contributed by atoms with van der Waals surface area (Å²) in [6.45, 7) is 0. The van der Waals surface area contributed by atoms with E-state index < -0.39 is 0 Å². The maximum atomic E-state index is 6.02. The number of nitrogen functional groups attached to an aromatic ring is 1. The van der Waals surface area contributed by atoms with Crippen molar-refractivity contribution in [1.29, 1.82) is 0 Å². The van der Waals surface area contributed by atoms with Crippen LogP contribution in [0.4, 0.5) is 34.1 Å². The molecule has 0 fully saturated rings. The summed E-state index contributed by atoms with van der Waals surface area (Å²) < 4.78 is 0. The highest BCUT2D eigenvalue weighted by Gasteiger charge is 2.20. The van der Waals surface area contributed by atoms with Crippen molar-refractivity contribution < 1.29 is 0 Å². The second-order valence-corrected chi connectivity index (χ2v) is 11.5. The fraction of sp³-hybridized carbons (Fsp3) is 0.0476. The van der Waals surface area contributed by atoms with Crippen LogP contribution in [0, 0.1) is 0 Å². The minimum Gasteiger partial charge on any atom is -0.399 e. The lowest BCUT2D eigenvalue weighted by Crippen LogP contribution is -2.30. The number of hydrogen-bond donors (Lipinski definition) is 2. The van der Waals surface area contributed by atoms with Crippen molar-refractivity contribution >= 4 is 34.1 Å². The second-order valence-electron chi connectivity index (χ2n) is 11.5. The predicted molar refractivity (Wildman–Crippen MR) is 195 cm³/mol. The van der Waals surface area contributed by atoms with Crippen LogP contribution in [0.5, 0.6) is 0 Å². The van der Waals surface area contributed by atoms with Crippen LogP contribution >= 0.6 is 0 Å². The van der Waals surface area contributed by atoms with Crippen LogP contribution in [0.1, 0.15) is 6.42 Å². The number of allylic oxidation sites excluding steroid dienone is 1. The highest BCUT2D eigenvalue weighted by Crippen LogP contribution is 2.37. The number of hydrogen-bond acceptors (Lipinski definition) is 4. The molecule has 0 aliphatic heterocycles. The molecule has 6 aromatic carbocycles. The van der Waals surface area contributed by atoms with Crippen LogP contribution in [-0.2, 0) is 0 Å². The summed E-state index contributed by atoms with van der Waals surface area (Å²) in [5.41, 5.74) is 23.9. The van der Waals surface area contributed by atoms with E-state index in [1.54, 1.807) is 0 Å². The Kier molecular flexibility index (Phi) is 8.08. The van der Waals surface area contributed by atoms with Gasteiger partial charge < -0.3 is 21.3 Å². The molecule has 0 heterocycles. The number of para-hydroxylation sites is 2. The van der Waals surface area contributed by atoms with Gasteiger partial charge in [0.25, 0.3) is 0 Å². The van der Waals surface area contributed by atoms with Crippen molar-refractivity contribution in [2.24, 2.45) is 5.73 Å². The maximum absolute atomic E-state index is 6.02. The molecule has 224 valence electrons. The fourth-order valence-corrected chi connectivity index (χ4v) is 6.06. The highest BCUT2D eigenvalue weighted by atomic mass is 15.2. The van der Waals surface area contributed by atoms with E-state index in [9.17, 15) is 0 Å². The Morgan fingerprint density at radius 1 is 0.435 bits per heavy atom. The SMILES string of the molecule is NC1=CCC(N(c2ccccc2)c2ccc(-c3ccc(-c4ccc(N(c5ccccc5)c5ccc(N)cc5)cc4)cc3)cc2)C=C1. The van der Waals surface area contributed by atoms with Crippen molar-refractivity contribution in [3.05, 3.63) is 182 Å². The van der Waals surface area contributed by atoms with E-state index >= 15 is 0 Å². The van der Waals surface area contributed by atoms with Crippen LogP contribution in [0.25, 0.3) is 22.3 Å². The Labute approximate surface area is 271 Å². The normalized spacial score (nSPS) is 14.0. The molecule has 0 saturated carbocycles. The van der Waals surface area contributed by atoms with Gasteiger partial charge in [-0.15, -0.1) is 0 Å². The van der Waals surface area contributed by atoms with Gasteiger partial charge >= 0.3 is 0 Å². The minimum absolute atomic E-state index is 0.206. The van der Waals surface area contributed by atoms with Gasteiger partial charge in [0.1, 0.15) is 0 Å². The topological polar surface area (TPSA) is 58.5 Å². The third kappa shape index (κ3) is 6.15. The molecular weight excluding hydrogens is 560 g/mol. The van der Waals surface area contributed by atoms with E-state index in [0.717, 1.165) is 46.2 Å². The number of nitrogens with zero attached hydrogens (tertiary/aromatic N) is 2. The number of benzene rings is 6. The Hall–Kier alpha value is -6.00. The molecular formula is C42H36N4. The molecule has 7 rings (SSSR count). The Morgan fingerprint density at radius 2 is 0.826 bits per heavy atom. The van der Waals surface area contributed by atoms with Crippen LogP contribution in [0.3, 0.4) is 0 Å². The van der Waals surface area contributed by atoms with Crippen LogP contribution in [0.2, 0.25) is 0 Å². The van der Waals surface area contributed by atoms with Crippen LogP contribution in [0.15, 0.2) is 182 Å². The first-order valence-corrected chi connectivity index (χ1v) is 15.6. The van der Waals surface area contributed by atoms with Gasteiger partial charge in [0, 0.05) is 39.8 Å². The van der Waals surface area contributed by atoms with Gasteiger partial charge in [-0.25, -0.2) is 0 Å². The lowest BCUT2D eigenvalue weighted by Gasteiger charge is -2.33. The summed E-state index contributed by atoms with van der Waals surface area (Å²) in [6, 6.07) is 55.5. The van der Waals surface area contributed by atoms with Gasteiger partial charge in [-0.3, -0.25) is 0 Å². The average Bonchev–Trinajstić information content (AvgIpc) is 3.12. The van der Waals surface area contributed by atoms with Gasteiger partial charge in [-0.2, -0.15) is 0 Å². The predicted octanol–water partition coefficient (Wildman–Crippen LogP) is 10.4. The summed E-state index contributed by atoms with van der Waals surface area (Å²) in [7, 11) is 0. The highest BCUT2D eigenvalue weighted by molar-refractivity contribution is 5.79. The zero-order chi connectivity index (χ0) is 31.3. The maximum Gasteiger partial charge on any atom is 0.0561 e. The van der Waals surface area contributed by atoms with Gasteiger partial charge in [0.05, 0.1) is 6.04 Å². The molecule has 1 atom stereocenters. The van der Waals surface area contributed by atoms with E-state index in [0.29, 0.717) is 0 Å². The monoisotopic (exact) mass is 596 g/mol. The summed E-state index contributed by atoms with van der Waals surface area (Å²) in [5.74, 6) is 0. The number of rotatable bonds is 8. The first-order chi connectivity index (χ1) is 22.6. The van der Waals surface area contributed by atoms with Crippen molar-refractivity contribution in [1.82, 2.24) is 0 Å². The van der Waals surface area contributed by atoms with E-state index in [2.05, 4.69) is 161 Å². The third-order valence-electron chi connectivity index (χ3n) is 8.46. The first-order valence-electron chi connectivity index (χ1n) is 15.6. The number of anilines is 6. The second kappa shape index (κ2) is 12.9. The molecule has 6 aromatic rings. The molecule has 1 aliphatic rings. The average molecular weight is 597 g/mol. The Balaban J connectivity index is 1.11. The fourth-order valence-electron chi connectivity index (χ4n) is 6.06. The molecule has 46 heavy (non-hydrogen) atoms. The van der Waals surface area contributed by atoms with E-state index in [4.69, 9.17) is 11.5 Å². The van der Waals surface area contributed by atoms with E-state index in [-0.39, 0.29) is 6.04 Å². The molecule has 1 aliphatic carbocycles. The first kappa shape index (κ1) is 28.8. The molecule has 4 nitrogen and oxygen atoms in total. The van der Waals surface area contributed by atoms with Crippen molar-refractivity contribution in [3.63, 3.8) is 0 Å². The van der Waals surface area contributed by atoms with Crippen LogP contribution < -0.4 is 21.3 Å². The summed E-state index contributed by atoms with van der Waals surface area (Å²) in [6.07, 6.45) is 7.17. The van der Waals surface area contributed by atoms with E-state index in [1.165, 1.54) is 22.3 Å². The zero-order valence-electron chi connectivity index (χ0n) is 25.6. The lowest BCUT2D eigenvalue weighted by atomic mass is 9.99. The summed E-state index contributed by atoms with van der Waals surface area (Å²) in [5, 5.41) is 0. The van der Waals surface area contributed by atoms with Gasteiger partial charge in [-0.05, 0) is 108 Å². The van der Waals surface area contributed by atoms with Gasteiger partial charge in [0.2, 0.25) is 0 Å². The Morgan fingerprint density at radius 3 is 1.30 bits per heavy atom. The standard InChI is InChI=1S/C42H36N4/c43-35-19-27-41(28-20-35)45(37-7-3-1-4-8-37)39-23-15-33(16-24-39)31-11-13-32(14-12-31)34-17-25-40(26-18-34)46(38-9-5-2-6-10-38)42-29-21-36(44)22-30-42/h1-29,42H,30,43-44H2. The van der Waals surface area contributed by atoms with Gasteiger partial charge in [-0.1, -0.05) is 97.1 Å². The summed E-state index contributed by atoms with van der Waals surface area (Å²) >= 11 is 0. The van der Waals surface area contributed by atoms with Crippen molar-refractivity contribution in [3.8, 4) is 22.3 Å². The molecule has 0 bridgehead atoms. The molecule has 0 aromatic heterocycles. The quantitative estimate of drug-likeness (QED) is 0.172. The smallest absolute Gasteiger partial charge is 0.0561 e. The molecule has 4 N–H and O–H groups in total. The summed E-state index contributed by atoms with van der Waals surface area (Å²) in [4.78, 5) is 4.62. The largest absolute Gasteiger partial charge is 0.399 e. The van der Waals surface area contributed by atoms with Crippen molar-refractivity contribution in [2.75, 3.05) is 15.5 Å².